The van der Waals surface area contributed by atoms with Crippen molar-refractivity contribution in [2.75, 3.05) is 23.3 Å². The van der Waals surface area contributed by atoms with Gasteiger partial charge in [0.1, 0.15) is 21.2 Å². The summed E-state index contributed by atoms with van der Waals surface area (Å²) in [5.74, 6) is 1.66. The van der Waals surface area contributed by atoms with Crippen LogP contribution in [-0.4, -0.2) is 46.9 Å². The van der Waals surface area contributed by atoms with Crippen LogP contribution < -0.4 is 20.3 Å². The Balaban J connectivity index is 1.13. The summed E-state index contributed by atoms with van der Waals surface area (Å²) in [6.45, 7) is 3.08. The Morgan fingerprint density at radius 3 is 2.70 bits per heavy atom. The SMILES string of the molecule is Cc1cc(Oc2ccccc2)ccc1N1C(=O)Nc2c(C(=O)NC3CCCN(C(=O)/C=C/C4CC4)C3)sc3nccc1c23. The molecule has 218 valence electrons. The zero-order valence-electron chi connectivity index (χ0n) is 23.7. The van der Waals surface area contributed by atoms with Gasteiger partial charge in [0.25, 0.3) is 5.91 Å². The van der Waals surface area contributed by atoms with Gasteiger partial charge in [-0.2, -0.15) is 0 Å². The lowest BCUT2D eigenvalue weighted by molar-refractivity contribution is -0.127. The van der Waals surface area contributed by atoms with Gasteiger partial charge in [0.2, 0.25) is 5.91 Å². The van der Waals surface area contributed by atoms with Gasteiger partial charge in [0, 0.05) is 25.3 Å². The lowest BCUT2D eigenvalue weighted by Crippen LogP contribution is -2.49. The van der Waals surface area contributed by atoms with Crippen LogP contribution in [0.3, 0.4) is 0 Å². The number of likely N-dealkylation sites (tertiary alicyclic amines) is 1. The number of hydrogen-bond acceptors (Lipinski definition) is 6. The van der Waals surface area contributed by atoms with E-state index in [-0.39, 0.29) is 23.9 Å². The number of carbonyl (C=O) groups excluding carboxylic acids is 3. The lowest BCUT2D eigenvalue weighted by atomic mass is 10.0. The van der Waals surface area contributed by atoms with Gasteiger partial charge in [-0.1, -0.05) is 24.3 Å². The van der Waals surface area contributed by atoms with Crippen LogP contribution in [0, 0.1) is 12.8 Å². The van der Waals surface area contributed by atoms with E-state index in [1.165, 1.54) is 11.3 Å². The number of urea groups is 1. The van der Waals surface area contributed by atoms with Crippen molar-refractivity contribution in [3.63, 3.8) is 0 Å². The third kappa shape index (κ3) is 5.46. The molecule has 3 aliphatic rings. The monoisotopic (exact) mass is 593 g/mol. The van der Waals surface area contributed by atoms with E-state index in [0.717, 1.165) is 42.4 Å². The third-order valence-electron chi connectivity index (χ3n) is 8.04. The minimum atomic E-state index is -0.357. The fourth-order valence-electron chi connectivity index (χ4n) is 5.71. The number of nitrogens with zero attached hydrogens (tertiary/aromatic N) is 3. The van der Waals surface area contributed by atoms with Crippen molar-refractivity contribution in [3.05, 3.63) is 83.4 Å². The number of benzene rings is 2. The Morgan fingerprint density at radius 1 is 1.07 bits per heavy atom. The fourth-order valence-corrected chi connectivity index (χ4v) is 6.73. The number of piperidine rings is 1. The zero-order valence-corrected chi connectivity index (χ0v) is 24.5. The third-order valence-corrected chi connectivity index (χ3v) is 9.14. The maximum atomic E-state index is 13.6. The Labute approximate surface area is 253 Å². The van der Waals surface area contributed by atoms with Crippen molar-refractivity contribution in [1.82, 2.24) is 15.2 Å². The maximum Gasteiger partial charge on any atom is 0.331 e. The molecule has 4 amide bonds. The zero-order chi connectivity index (χ0) is 29.5. The molecule has 9 nitrogen and oxygen atoms in total. The second-order valence-corrected chi connectivity index (χ2v) is 12.2. The Morgan fingerprint density at radius 2 is 1.91 bits per heavy atom. The molecule has 2 fully saturated rings. The second-order valence-electron chi connectivity index (χ2n) is 11.2. The van der Waals surface area contributed by atoms with Crippen LogP contribution in [0.15, 0.2) is 72.9 Å². The highest BCUT2D eigenvalue weighted by molar-refractivity contribution is 7.21. The summed E-state index contributed by atoms with van der Waals surface area (Å²) in [6.07, 6.45) is 9.25. The normalized spacial score (nSPS) is 18.2. The number of thiophene rings is 1. The lowest BCUT2D eigenvalue weighted by Gasteiger charge is -2.32. The van der Waals surface area contributed by atoms with Crippen molar-refractivity contribution in [2.45, 2.75) is 38.6 Å². The first-order valence-corrected chi connectivity index (χ1v) is 15.4. The van der Waals surface area contributed by atoms with Crippen LogP contribution in [-0.2, 0) is 4.79 Å². The van der Waals surface area contributed by atoms with Crippen molar-refractivity contribution >= 4 is 56.5 Å². The molecule has 2 aliphatic heterocycles. The summed E-state index contributed by atoms with van der Waals surface area (Å²) in [5.41, 5.74) is 2.69. The van der Waals surface area contributed by atoms with Crippen molar-refractivity contribution in [2.24, 2.45) is 5.92 Å². The number of para-hydroxylation sites is 1. The predicted octanol–water partition coefficient (Wildman–Crippen LogP) is 6.77. The number of hydrogen-bond donors (Lipinski definition) is 2. The van der Waals surface area contributed by atoms with Crippen LogP contribution in [0.5, 0.6) is 11.5 Å². The van der Waals surface area contributed by atoms with E-state index < -0.39 is 0 Å². The highest BCUT2D eigenvalue weighted by Crippen LogP contribution is 2.46. The average Bonchev–Trinajstić information content (AvgIpc) is 3.77. The molecule has 1 saturated heterocycles. The fraction of sp³-hybridized carbons (Fsp3) is 0.273. The molecule has 0 radical (unpaired) electrons. The summed E-state index contributed by atoms with van der Waals surface area (Å²) < 4.78 is 5.98. The van der Waals surface area contributed by atoms with Gasteiger partial charge >= 0.3 is 6.03 Å². The summed E-state index contributed by atoms with van der Waals surface area (Å²) >= 11 is 1.26. The number of rotatable bonds is 7. The Kier molecular flexibility index (Phi) is 7.06. The van der Waals surface area contributed by atoms with Gasteiger partial charge < -0.3 is 20.3 Å². The number of anilines is 3. The van der Waals surface area contributed by atoms with Crippen LogP contribution in [0.25, 0.3) is 10.2 Å². The predicted molar refractivity (Wildman–Crippen MR) is 167 cm³/mol. The standard InChI is InChI=1S/C33H31N5O4S/c1-20-18-24(42-23-7-3-2-4-8-23)12-13-25(20)38-26-15-16-34-32-28(26)29(36-33(38)41)30(43-32)31(40)35-22-6-5-17-37(19-22)27(39)14-11-21-9-10-21/h2-4,7-8,11-16,18,21-22H,5-6,9-10,17,19H2,1H3,(H,35,40)(H,36,41)/b14-11+. The summed E-state index contributed by atoms with van der Waals surface area (Å²) in [5, 5.41) is 6.82. The molecule has 4 aromatic rings. The second kappa shape index (κ2) is 11.2. The van der Waals surface area contributed by atoms with Gasteiger partial charge in [0.15, 0.2) is 0 Å². The molecule has 0 bridgehead atoms. The van der Waals surface area contributed by atoms with E-state index in [1.807, 2.05) is 61.5 Å². The minimum Gasteiger partial charge on any atom is -0.457 e. The molecule has 2 N–H and O–H groups in total. The molecule has 4 heterocycles. The van der Waals surface area contributed by atoms with E-state index in [0.29, 0.717) is 51.5 Å². The summed E-state index contributed by atoms with van der Waals surface area (Å²) in [6, 6.07) is 16.4. The van der Waals surface area contributed by atoms with E-state index in [1.54, 1.807) is 28.1 Å². The number of pyridine rings is 1. The Hall–Kier alpha value is -4.70. The molecule has 43 heavy (non-hydrogen) atoms. The van der Waals surface area contributed by atoms with E-state index in [4.69, 9.17) is 4.74 Å². The van der Waals surface area contributed by atoms with E-state index in [9.17, 15) is 14.4 Å². The topological polar surface area (TPSA) is 104 Å². The van der Waals surface area contributed by atoms with Gasteiger partial charge in [-0.05, 0) is 86.6 Å². The highest BCUT2D eigenvalue weighted by atomic mass is 32.1. The number of allylic oxidation sites excluding steroid dienone is 1. The molecule has 2 aromatic carbocycles. The largest absolute Gasteiger partial charge is 0.457 e. The first kappa shape index (κ1) is 27.2. The van der Waals surface area contributed by atoms with Crippen LogP contribution in [0.1, 0.15) is 40.9 Å². The van der Waals surface area contributed by atoms with Crippen LogP contribution in [0.2, 0.25) is 0 Å². The smallest absolute Gasteiger partial charge is 0.331 e. The molecule has 7 rings (SSSR count). The number of aryl methyl sites for hydroxylation is 1. The van der Waals surface area contributed by atoms with Crippen molar-refractivity contribution < 1.29 is 19.1 Å². The molecule has 2 aromatic heterocycles. The molecule has 0 spiro atoms. The minimum absolute atomic E-state index is 0.000968. The quantitative estimate of drug-likeness (QED) is 0.230. The first-order chi connectivity index (χ1) is 20.9. The molecular weight excluding hydrogens is 562 g/mol. The van der Waals surface area contributed by atoms with Gasteiger partial charge in [0.05, 0.1) is 22.4 Å². The number of ether oxygens (including phenoxy) is 1. The molecule has 1 atom stereocenters. The molecule has 1 aliphatic carbocycles. The maximum absolute atomic E-state index is 13.6. The summed E-state index contributed by atoms with van der Waals surface area (Å²) in [7, 11) is 0. The van der Waals surface area contributed by atoms with E-state index in [2.05, 4.69) is 15.6 Å². The van der Waals surface area contributed by atoms with Crippen LogP contribution >= 0.6 is 11.3 Å². The molecule has 1 saturated carbocycles. The van der Waals surface area contributed by atoms with E-state index >= 15 is 0 Å². The highest BCUT2D eigenvalue weighted by Gasteiger charge is 2.34. The average molecular weight is 594 g/mol. The van der Waals surface area contributed by atoms with Crippen LogP contribution in [0.4, 0.5) is 21.9 Å². The molecule has 1 unspecified atom stereocenters. The van der Waals surface area contributed by atoms with Crippen molar-refractivity contribution in [1.29, 1.82) is 0 Å². The number of aromatic nitrogens is 1. The molecule has 10 heteroatoms. The van der Waals surface area contributed by atoms with Gasteiger partial charge in [-0.15, -0.1) is 11.3 Å². The van der Waals surface area contributed by atoms with Crippen molar-refractivity contribution in [3.8, 4) is 11.5 Å². The number of nitrogens with one attached hydrogen (secondary N) is 2. The van der Waals surface area contributed by atoms with Gasteiger partial charge in [-0.25, -0.2) is 9.78 Å². The first-order valence-electron chi connectivity index (χ1n) is 14.6. The number of carbonyl (C=O) groups is 3. The number of amides is 4. The van der Waals surface area contributed by atoms with Gasteiger partial charge in [-0.3, -0.25) is 14.5 Å². The molecular formula is C33H31N5O4S. The summed E-state index contributed by atoms with van der Waals surface area (Å²) in [4.78, 5) is 48.9. The Bertz CT molecular complexity index is 1760.